The van der Waals surface area contributed by atoms with Crippen LogP contribution >= 0.6 is 0 Å². The average Bonchev–Trinajstić information content (AvgIpc) is 2.88. The van der Waals surface area contributed by atoms with Crippen molar-refractivity contribution in [1.29, 1.82) is 5.41 Å². The van der Waals surface area contributed by atoms with Crippen molar-refractivity contribution in [2.45, 2.75) is 13.0 Å². The number of ether oxygens (including phenoxy) is 1. The lowest BCUT2D eigenvalue weighted by atomic mass is 10.1. The van der Waals surface area contributed by atoms with Gasteiger partial charge in [0.2, 0.25) is 0 Å². The Balaban J connectivity index is 1.53. The topological polar surface area (TPSA) is 129 Å². The highest BCUT2D eigenvalue weighted by Crippen LogP contribution is 2.26. The van der Waals surface area contributed by atoms with Gasteiger partial charge in [0.25, 0.3) is 6.43 Å². The van der Waals surface area contributed by atoms with E-state index in [4.69, 9.17) is 5.41 Å². The van der Waals surface area contributed by atoms with Crippen LogP contribution in [0.3, 0.4) is 0 Å². The normalized spacial score (nSPS) is 10.8. The maximum absolute atomic E-state index is 14.5. The molecule has 37 heavy (non-hydrogen) atoms. The summed E-state index contributed by atoms with van der Waals surface area (Å²) in [4.78, 5) is 16.0. The molecule has 0 spiro atoms. The summed E-state index contributed by atoms with van der Waals surface area (Å²) in [5.41, 5.74) is 0.193. The number of hydrogen-bond donors (Lipinski definition) is 4. The molecular weight excluding hydrogens is 494 g/mol. The summed E-state index contributed by atoms with van der Waals surface area (Å²) in [5, 5.41) is 24.4. The van der Waals surface area contributed by atoms with Gasteiger partial charge in [-0.3, -0.25) is 5.41 Å². The fourth-order valence-electron chi connectivity index (χ4n) is 3.22. The average molecular weight is 513 g/mol. The van der Waals surface area contributed by atoms with Gasteiger partial charge in [0, 0.05) is 41.7 Å². The van der Waals surface area contributed by atoms with E-state index in [1.807, 2.05) is 0 Å². The smallest absolute Gasteiger partial charge is 0.272 e. The van der Waals surface area contributed by atoms with Crippen molar-refractivity contribution in [3.8, 4) is 11.5 Å². The minimum Gasteiger partial charge on any atom is -0.503 e. The second-order valence-corrected chi connectivity index (χ2v) is 7.49. The molecule has 0 amide bonds. The molecule has 0 unspecified atom stereocenters. The van der Waals surface area contributed by atoms with Crippen molar-refractivity contribution >= 4 is 23.0 Å². The van der Waals surface area contributed by atoms with Crippen LogP contribution in [0.2, 0.25) is 0 Å². The molecule has 2 aromatic heterocycles. The van der Waals surface area contributed by atoms with Crippen molar-refractivity contribution < 1.29 is 27.4 Å². The second kappa shape index (κ2) is 11.3. The van der Waals surface area contributed by atoms with Crippen LogP contribution in [-0.2, 0) is 6.54 Å². The molecule has 0 saturated carbocycles. The van der Waals surface area contributed by atoms with Gasteiger partial charge in [0.05, 0.1) is 6.20 Å². The Morgan fingerprint density at radius 1 is 1.08 bits per heavy atom. The summed E-state index contributed by atoms with van der Waals surface area (Å²) in [6, 6.07) is 9.71. The van der Waals surface area contributed by atoms with E-state index in [1.54, 1.807) is 30.3 Å². The van der Waals surface area contributed by atoms with Crippen molar-refractivity contribution in [2.75, 3.05) is 17.2 Å². The van der Waals surface area contributed by atoms with Crippen LogP contribution in [0.4, 0.5) is 34.9 Å². The van der Waals surface area contributed by atoms with E-state index in [1.165, 1.54) is 12.5 Å². The number of halogens is 4. The Hall–Kier alpha value is -4.81. The number of aromatic hydroxyl groups is 1. The maximum atomic E-state index is 14.5. The number of para-hydroxylation sites is 1. The largest absolute Gasteiger partial charge is 0.503 e. The number of anilines is 3. The van der Waals surface area contributed by atoms with Gasteiger partial charge in [-0.15, -0.1) is 0 Å². The number of benzene rings is 2. The maximum Gasteiger partial charge on any atom is 0.272 e. The molecule has 0 fully saturated rings. The van der Waals surface area contributed by atoms with Crippen LogP contribution in [0.25, 0.3) is 0 Å². The number of hydrogen-bond acceptors (Lipinski definition) is 9. The lowest BCUT2D eigenvalue weighted by Gasteiger charge is -2.15. The van der Waals surface area contributed by atoms with Gasteiger partial charge in [-0.05, 0) is 12.1 Å². The highest BCUT2D eigenvalue weighted by atomic mass is 19.3. The van der Waals surface area contributed by atoms with E-state index in [-0.39, 0.29) is 41.0 Å². The minimum absolute atomic E-state index is 0.0113. The van der Waals surface area contributed by atoms with Crippen LogP contribution in [0.5, 0.6) is 11.5 Å². The van der Waals surface area contributed by atoms with E-state index in [0.29, 0.717) is 17.1 Å². The van der Waals surface area contributed by atoms with Gasteiger partial charge >= 0.3 is 0 Å². The van der Waals surface area contributed by atoms with Crippen LogP contribution < -0.4 is 15.4 Å². The first-order valence-corrected chi connectivity index (χ1v) is 10.7. The molecule has 0 aliphatic rings. The van der Waals surface area contributed by atoms with Crippen LogP contribution in [0, 0.1) is 17.0 Å². The summed E-state index contributed by atoms with van der Waals surface area (Å²) in [6.45, 7) is -1.30. The van der Waals surface area contributed by atoms with Crippen molar-refractivity contribution in [3.05, 3.63) is 89.8 Å². The van der Waals surface area contributed by atoms with Gasteiger partial charge in [0.15, 0.2) is 17.4 Å². The first-order chi connectivity index (χ1) is 17.8. The van der Waals surface area contributed by atoms with Crippen molar-refractivity contribution in [1.82, 2.24) is 19.9 Å². The quantitative estimate of drug-likeness (QED) is 0.178. The Kier molecular flexibility index (Phi) is 7.71. The highest BCUT2D eigenvalue weighted by molar-refractivity contribution is 6.12. The molecule has 2 heterocycles. The number of nitrogens with zero attached hydrogens (tertiary/aromatic N) is 4. The monoisotopic (exact) mass is 513 g/mol. The van der Waals surface area contributed by atoms with Crippen molar-refractivity contribution in [3.63, 3.8) is 0 Å². The third-order valence-electron chi connectivity index (χ3n) is 4.96. The highest BCUT2D eigenvalue weighted by Gasteiger charge is 2.17. The number of alkyl halides is 2. The Morgan fingerprint density at radius 2 is 1.84 bits per heavy atom. The van der Waals surface area contributed by atoms with E-state index in [2.05, 4.69) is 35.3 Å². The van der Waals surface area contributed by atoms with Crippen molar-refractivity contribution in [2.24, 2.45) is 0 Å². The van der Waals surface area contributed by atoms with Crippen LogP contribution in [-0.4, -0.2) is 43.8 Å². The molecule has 2 aromatic carbocycles. The number of nitrogens with one attached hydrogen (secondary N) is 3. The Bertz CT molecular complexity index is 1380. The van der Waals surface area contributed by atoms with E-state index in [0.717, 1.165) is 18.3 Å². The van der Waals surface area contributed by atoms with Gasteiger partial charge in [-0.1, -0.05) is 18.2 Å². The van der Waals surface area contributed by atoms with Gasteiger partial charge in [0.1, 0.15) is 41.8 Å². The first-order valence-electron chi connectivity index (χ1n) is 10.7. The van der Waals surface area contributed by atoms with E-state index >= 15 is 0 Å². The molecule has 0 radical (unpaired) electrons. The molecule has 9 nitrogen and oxygen atoms in total. The fourth-order valence-corrected chi connectivity index (χ4v) is 3.22. The molecular formula is C24H19F4N7O2. The predicted octanol–water partition coefficient (Wildman–Crippen LogP) is 4.67. The molecule has 190 valence electrons. The molecule has 0 aliphatic carbocycles. The Labute approximate surface area is 207 Å². The summed E-state index contributed by atoms with van der Waals surface area (Å²) >= 11 is 0. The zero-order valence-corrected chi connectivity index (χ0v) is 18.9. The summed E-state index contributed by atoms with van der Waals surface area (Å²) in [7, 11) is 0. The predicted molar refractivity (Wildman–Crippen MR) is 127 cm³/mol. The molecule has 13 heteroatoms. The second-order valence-electron chi connectivity index (χ2n) is 7.49. The summed E-state index contributed by atoms with van der Waals surface area (Å²) < 4.78 is 58.2. The van der Waals surface area contributed by atoms with Gasteiger partial charge < -0.3 is 20.5 Å². The zero-order valence-electron chi connectivity index (χ0n) is 18.9. The standard InChI is InChI=1S/C24H19F4N7O2/c25-16-7-13(37-11-20(27)28)8-17(26)15(16)9-31-18-4-2-1-3-14(18)22(29)24-32-10-19(36)23(35-24)34-21-5-6-30-12-33-21/h1-8,10,12,20,29,31,36H,9,11H2,(H,30,32,33,34,35). The van der Waals surface area contributed by atoms with Gasteiger partial charge in [-0.2, -0.15) is 0 Å². The molecule has 0 saturated heterocycles. The van der Waals surface area contributed by atoms with E-state index < -0.39 is 24.7 Å². The Morgan fingerprint density at radius 3 is 2.54 bits per heavy atom. The third-order valence-corrected chi connectivity index (χ3v) is 4.96. The zero-order chi connectivity index (χ0) is 26.4. The van der Waals surface area contributed by atoms with Crippen LogP contribution in [0.15, 0.2) is 61.2 Å². The molecule has 4 rings (SSSR count). The van der Waals surface area contributed by atoms with E-state index in [9.17, 15) is 22.7 Å². The SMILES string of the molecule is N=C(c1ncc(O)c(Nc2ccncn2)n1)c1ccccc1NCc1c(F)cc(OCC(F)F)cc1F. The first kappa shape index (κ1) is 25.3. The summed E-state index contributed by atoms with van der Waals surface area (Å²) in [5.74, 6) is -2.25. The molecule has 0 atom stereocenters. The molecule has 4 N–H and O–H groups in total. The van der Waals surface area contributed by atoms with Gasteiger partial charge in [-0.25, -0.2) is 37.5 Å². The summed E-state index contributed by atoms with van der Waals surface area (Å²) in [6.07, 6.45) is 1.14. The number of aromatic nitrogens is 4. The molecule has 4 aromatic rings. The lowest BCUT2D eigenvalue weighted by Crippen LogP contribution is -2.13. The third kappa shape index (κ3) is 6.25. The molecule has 0 aliphatic heterocycles. The number of rotatable bonds is 10. The fraction of sp³-hybridized carbons (Fsp3) is 0.125. The minimum atomic E-state index is -2.78. The molecule has 0 bridgehead atoms. The lowest BCUT2D eigenvalue weighted by molar-refractivity contribution is 0.0815. The van der Waals surface area contributed by atoms with Crippen LogP contribution in [0.1, 0.15) is 17.0 Å².